The standard InChI is InChI=1S/C55H95N6O13/c1-5-6-7-8-9-10-11-12-13-14-15-16-17-18-19-25-51(66)61-48(54(69)70)27-26-46(63)24-22-30-71-32-34-73-41-53(68)59-29-31-72-33-35-74-40-52(67)58-28-21-20-23-44(43(2)62)36-50(65)55(3,4)38-49(64)47(56)37-45-39-57-42-60-45/h39,42,44,47-48,56H,5-38,40-41H2,1-4H3,(H,57,60)(H,58,67)(H,59,68)(H,61,66)(H,69,70)/t44-,47+,48+/m1/s1. The molecule has 74 heavy (non-hydrogen) atoms. The zero-order valence-corrected chi connectivity index (χ0v) is 45.6. The van der Waals surface area contributed by atoms with Crippen molar-refractivity contribution in [3.05, 3.63) is 18.2 Å². The molecule has 3 amide bonds. The molecule has 3 atom stereocenters. The number of unbranched alkanes of at least 4 members (excludes halogenated alkanes) is 15. The van der Waals surface area contributed by atoms with Crippen LogP contribution in [-0.2, 0) is 63.7 Å². The molecule has 0 bridgehead atoms. The van der Waals surface area contributed by atoms with Gasteiger partial charge >= 0.3 is 5.97 Å². The number of aromatic nitrogens is 2. The quantitative estimate of drug-likeness (QED) is 0.0404. The van der Waals surface area contributed by atoms with Gasteiger partial charge in [-0.05, 0) is 39.0 Å². The van der Waals surface area contributed by atoms with Gasteiger partial charge in [0.2, 0.25) is 17.7 Å². The molecule has 423 valence electrons. The lowest BCUT2D eigenvalue weighted by Crippen LogP contribution is -2.41. The van der Waals surface area contributed by atoms with Crippen LogP contribution in [0.1, 0.15) is 194 Å². The number of amides is 3. The molecule has 0 spiro atoms. The topological polar surface area (TPSA) is 282 Å². The van der Waals surface area contributed by atoms with Crippen molar-refractivity contribution in [2.45, 2.75) is 207 Å². The number of imidazole rings is 1. The van der Waals surface area contributed by atoms with Crippen LogP contribution < -0.4 is 21.7 Å². The molecule has 0 saturated carbocycles. The molecule has 1 aromatic rings. The molecule has 1 rings (SSSR count). The Morgan fingerprint density at radius 2 is 1.20 bits per heavy atom. The number of nitrogens with zero attached hydrogens (tertiary/aromatic N) is 1. The summed E-state index contributed by atoms with van der Waals surface area (Å²) in [5.74, 6) is -3.32. The number of carboxylic acids is 1. The molecule has 0 fully saturated rings. The molecule has 1 heterocycles. The second-order valence-electron chi connectivity index (χ2n) is 20.2. The normalized spacial score (nSPS) is 12.7. The van der Waals surface area contributed by atoms with E-state index in [9.17, 15) is 43.5 Å². The van der Waals surface area contributed by atoms with Crippen LogP contribution in [0.5, 0.6) is 0 Å². The summed E-state index contributed by atoms with van der Waals surface area (Å²) in [6, 6.07) is -2.11. The summed E-state index contributed by atoms with van der Waals surface area (Å²) < 4.78 is 21.6. The predicted molar refractivity (Wildman–Crippen MR) is 282 cm³/mol. The van der Waals surface area contributed by atoms with E-state index in [-0.39, 0.29) is 139 Å². The van der Waals surface area contributed by atoms with Gasteiger partial charge in [-0.25, -0.2) is 15.5 Å². The lowest BCUT2D eigenvalue weighted by molar-refractivity contribution is -0.142. The van der Waals surface area contributed by atoms with Gasteiger partial charge in [0.1, 0.15) is 36.6 Å². The number of hydrogen-bond acceptors (Lipinski definition) is 13. The number of nitrogens with one attached hydrogen (secondary N) is 5. The summed E-state index contributed by atoms with van der Waals surface area (Å²) >= 11 is 0. The summed E-state index contributed by atoms with van der Waals surface area (Å²) in [6.45, 7) is 8.68. The SMILES string of the molecule is CCCCCCCCCCCCCCCCCC(=O)N[C@@H](CCC(=O)CCCOCCOCC(=O)NCCOCCOCC(=O)NCCCC[C@H](CC(=O)C(C)(C)CC(=O)[C@@H]([NH])Cc1cnc[nH]1)C(C)=O)C(=O)O. The summed E-state index contributed by atoms with van der Waals surface area (Å²) in [5, 5.41) is 17.6. The number of carbonyl (C=O) groups excluding carboxylic acids is 7. The van der Waals surface area contributed by atoms with E-state index in [1.54, 1.807) is 20.0 Å². The molecular weight excluding hydrogens is 953 g/mol. The highest BCUT2D eigenvalue weighted by Crippen LogP contribution is 2.28. The molecule has 0 saturated heterocycles. The van der Waals surface area contributed by atoms with E-state index in [2.05, 4.69) is 32.8 Å². The number of hydrogen-bond donors (Lipinski definition) is 5. The third-order valence-corrected chi connectivity index (χ3v) is 12.9. The number of rotatable bonds is 52. The van der Waals surface area contributed by atoms with Gasteiger partial charge in [-0.15, -0.1) is 0 Å². The number of aliphatic carboxylic acids is 1. The Bertz CT molecular complexity index is 1710. The van der Waals surface area contributed by atoms with Gasteiger partial charge in [-0.1, -0.05) is 117 Å². The molecule has 6 N–H and O–H groups in total. The van der Waals surface area contributed by atoms with Crippen LogP contribution >= 0.6 is 0 Å². The van der Waals surface area contributed by atoms with Crippen LogP contribution in [0.15, 0.2) is 12.5 Å². The van der Waals surface area contributed by atoms with Crippen LogP contribution in [0.2, 0.25) is 0 Å². The molecule has 19 heteroatoms. The lowest BCUT2D eigenvalue weighted by Gasteiger charge is -2.25. The van der Waals surface area contributed by atoms with Crippen molar-refractivity contribution in [2.75, 3.05) is 65.9 Å². The first-order valence-corrected chi connectivity index (χ1v) is 27.7. The second-order valence-corrected chi connectivity index (χ2v) is 20.2. The maximum Gasteiger partial charge on any atom is 0.326 e. The Morgan fingerprint density at radius 3 is 1.76 bits per heavy atom. The van der Waals surface area contributed by atoms with Gasteiger partial charge in [0.05, 0.1) is 45.4 Å². The fourth-order valence-corrected chi connectivity index (χ4v) is 8.20. The van der Waals surface area contributed by atoms with Crippen LogP contribution in [0.4, 0.5) is 0 Å². The van der Waals surface area contributed by atoms with Crippen molar-refractivity contribution in [2.24, 2.45) is 11.3 Å². The van der Waals surface area contributed by atoms with E-state index in [1.807, 2.05) is 0 Å². The summed E-state index contributed by atoms with van der Waals surface area (Å²) in [4.78, 5) is 106. The fraction of sp³-hybridized carbons (Fsp3) is 0.800. The van der Waals surface area contributed by atoms with Crippen LogP contribution in [-0.4, -0.2) is 140 Å². The highest BCUT2D eigenvalue weighted by molar-refractivity contribution is 5.94. The first kappa shape index (κ1) is 67.6. The molecule has 1 aromatic heterocycles. The smallest absolute Gasteiger partial charge is 0.326 e. The maximum atomic E-state index is 13.1. The Morgan fingerprint density at radius 1 is 0.649 bits per heavy atom. The number of carboxylic acid groups (broad SMARTS) is 1. The van der Waals surface area contributed by atoms with E-state index >= 15 is 0 Å². The van der Waals surface area contributed by atoms with Gasteiger partial charge in [0.15, 0.2) is 5.78 Å². The average Bonchev–Trinajstić information content (AvgIpc) is 3.87. The first-order chi connectivity index (χ1) is 35.5. The van der Waals surface area contributed by atoms with Crippen LogP contribution in [0.3, 0.4) is 0 Å². The molecule has 0 aromatic carbocycles. The minimum atomic E-state index is -1.15. The third-order valence-electron chi connectivity index (χ3n) is 12.9. The molecule has 0 aliphatic rings. The van der Waals surface area contributed by atoms with Gasteiger partial charge in [0, 0.05) is 81.4 Å². The largest absolute Gasteiger partial charge is 0.480 e. The van der Waals surface area contributed by atoms with Crippen molar-refractivity contribution < 1.29 is 62.4 Å². The third kappa shape index (κ3) is 37.3. The monoisotopic (exact) mass is 1050 g/mol. The van der Waals surface area contributed by atoms with E-state index in [1.165, 1.54) is 83.9 Å². The van der Waals surface area contributed by atoms with E-state index in [0.29, 0.717) is 44.5 Å². The Labute approximate surface area is 441 Å². The molecule has 19 nitrogen and oxygen atoms in total. The highest BCUT2D eigenvalue weighted by Gasteiger charge is 2.34. The minimum absolute atomic E-state index is 0.0143. The second kappa shape index (κ2) is 43.8. The van der Waals surface area contributed by atoms with Crippen molar-refractivity contribution in [3.63, 3.8) is 0 Å². The number of carbonyl (C=O) groups is 8. The van der Waals surface area contributed by atoms with E-state index < -0.39 is 29.4 Å². The summed E-state index contributed by atoms with van der Waals surface area (Å²) in [6.07, 6.45) is 24.3. The Kier molecular flexibility index (Phi) is 40.0. The van der Waals surface area contributed by atoms with Gasteiger partial charge in [0.25, 0.3) is 0 Å². The zero-order chi connectivity index (χ0) is 54.7. The maximum absolute atomic E-state index is 13.1. The fourth-order valence-electron chi connectivity index (χ4n) is 8.20. The van der Waals surface area contributed by atoms with Crippen molar-refractivity contribution in [1.29, 1.82) is 0 Å². The van der Waals surface area contributed by atoms with Gasteiger partial charge in [-0.2, -0.15) is 0 Å². The zero-order valence-electron chi connectivity index (χ0n) is 45.6. The van der Waals surface area contributed by atoms with Gasteiger partial charge < -0.3 is 45.0 Å². The predicted octanol–water partition coefficient (Wildman–Crippen LogP) is 7.18. The molecule has 0 unspecified atom stereocenters. The van der Waals surface area contributed by atoms with Gasteiger partial charge in [-0.3, -0.25) is 33.6 Å². The number of H-pyrrole nitrogens is 1. The minimum Gasteiger partial charge on any atom is -0.480 e. The van der Waals surface area contributed by atoms with Crippen molar-refractivity contribution in [3.8, 4) is 0 Å². The van der Waals surface area contributed by atoms with Crippen LogP contribution in [0.25, 0.3) is 0 Å². The molecular formula is C55H95N6O13. The molecule has 0 aliphatic heterocycles. The number of ketones is 4. The van der Waals surface area contributed by atoms with Crippen molar-refractivity contribution >= 4 is 46.8 Å². The summed E-state index contributed by atoms with van der Waals surface area (Å²) in [5.41, 5.74) is 7.85. The molecule has 0 aliphatic carbocycles. The van der Waals surface area contributed by atoms with Crippen LogP contribution in [0, 0.1) is 11.3 Å². The lowest BCUT2D eigenvalue weighted by atomic mass is 9.77. The van der Waals surface area contributed by atoms with E-state index in [0.717, 1.165) is 25.7 Å². The first-order valence-electron chi connectivity index (χ1n) is 27.7. The number of Topliss-reactive ketones (excluding diaryl/α,β-unsaturated/α-hetero) is 4. The Balaban J connectivity index is 1.99. The Hall–Kier alpha value is -4.43. The van der Waals surface area contributed by atoms with E-state index in [4.69, 9.17) is 24.7 Å². The number of ether oxygens (including phenoxy) is 4. The number of aromatic amines is 1. The molecule has 1 radical (unpaired) electrons. The highest BCUT2D eigenvalue weighted by atomic mass is 16.5. The summed E-state index contributed by atoms with van der Waals surface area (Å²) in [7, 11) is 0. The average molecular weight is 1050 g/mol. The van der Waals surface area contributed by atoms with Crippen molar-refractivity contribution in [1.82, 2.24) is 31.7 Å².